The van der Waals surface area contributed by atoms with Gasteiger partial charge in [-0.25, -0.2) is 10.2 Å². The maximum atomic E-state index is 13.4. The van der Waals surface area contributed by atoms with E-state index in [2.05, 4.69) is 26.3 Å². The Kier molecular flexibility index (Phi) is 3.39. The van der Waals surface area contributed by atoms with Gasteiger partial charge in [0.25, 0.3) is 0 Å². The van der Waals surface area contributed by atoms with Gasteiger partial charge in [0.15, 0.2) is 0 Å². The lowest BCUT2D eigenvalue weighted by Gasteiger charge is -2.06. The lowest BCUT2D eigenvalue weighted by molar-refractivity contribution is 0.617. The molecule has 70 valence electrons. The molecule has 3 nitrogen and oxygen atoms in total. The standard InChI is InChI=1S/C8H9BrFN3/c1-12-8(13-11)5-3-2-4-6(9)7(5)10/h2-4H,11H2,1H3,(H,12,13). The third-order valence-electron chi connectivity index (χ3n) is 1.57. The normalized spacial score (nSPS) is 11.5. The predicted octanol–water partition coefficient (Wildman–Crippen LogP) is 1.43. The molecule has 0 aromatic heterocycles. The summed E-state index contributed by atoms with van der Waals surface area (Å²) in [5.74, 6) is 5.12. The Morgan fingerprint density at radius 1 is 1.62 bits per heavy atom. The highest BCUT2D eigenvalue weighted by molar-refractivity contribution is 9.10. The highest BCUT2D eigenvalue weighted by Crippen LogP contribution is 2.18. The van der Waals surface area contributed by atoms with Crippen molar-refractivity contribution in [2.24, 2.45) is 10.8 Å². The molecule has 0 saturated heterocycles. The van der Waals surface area contributed by atoms with Crippen LogP contribution in [-0.2, 0) is 0 Å². The van der Waals surface area contributed by atoms with Crippen LogP contribution in [0.1, 0.15) is 5.56 Å². The van der Waals surface area contributed by atoms with Gasteiger partial charge < -0.3 is 5.43 Å². The highest BCUT2D eigenvalue weighted by Gasteiger charge is 2.09. The largest absolute Gasteiger partial charge is 0.308 e. The van der Waals surface area contributed by atoms with E-state index in [1.165, 1.54) is 7.05 Å². The third kappa shape index (κ3) is 2.05. The van der Waals surface area contributed by atoms with Crippen molar-refractivity contribution in [3.8, 4) is 0 Å². The van der Waals surface area contributed by atoms with Crippen molar-refractivity contribution in [2.45, 2.75) is 0 Å². The average Bonchev–Trinajstić information content (AvgIpc) is 2.14. The monoisotopic (exact) mass is 245 g/mol. The van der Waals surface area contributed by atoms with E-state index < -0.39 is 0 Å². The second-order valence-electron chi connectivity index (χ2n) is 2.32. The van der Waals surface area contributed by atoms with Crippen LogP contribution >= 0.6 is 15.9 Å². The molecule has 0 amide bonds. The Balaban J connectivity index is 3.22. The zero-order valence-corrected chi connectivity index (χ0v) is 8.60. The highest BCUT2D eigenvalue weighted by atomic mass is 79.9. The molecule has 0 unspecified atom stereocenters. The van der Waals surface area contributed by atoms with Crippen LogP contribution in [0, 0.1) is 5.82 Å². The van der Waals surface area contributed by atoms with Crippen molar-refractivity contribution in [1.82, 2.24) is 5.43 Å². The smallest absolute Gasteiger partial charge is 0.148 e. The molecule has 0 spiro atoms. The van der Waals surface area contributed by atoms with Crippen molar-refractivity contribution in [2.75, 3.05) is 7.05 Å². The second kappa shape index (κ2) is 4.34. The summed E-state index contributed by atoms with van der Waals surface area (Å²) >= 11 is 3.07. The van der Waals surface area contributed by atoms with Gasteiger partial charge in [0.1, 0.15) is 11.7 Å². The number of hydrazine groups is 1. The van der Waals surface area contributed by atoms with Crippen LogP contribution in [0.25, 0.3) is 0 Å². The second-order valence-corrected chi connectivity index (χ2v) is 3.17. The van der Waals surface area contributed by atoms with Crippen LogP contribution in [0.4, 0.5) is 4.39 Å². The van der Waals surface area contributed by atoms with E-state index in [1.807, 2.05) is 0 Å². The Hall–Kier alpha value is -0.940. The van der Waals surface area contributed by atoms with E-state index in [0.717, 1.165) is 0 Å². The Bertz CT molecular complexity index is 338. The van der Waals surface area contributed by atoms with Gasteiger partial charge in [-0.15, -0.1) is 0 Å². The average molecular weight is 246 g/mol. The summed E-state index contributed by atoms with van der Waals surface area (Å²) in [6, 6.07) is 4.93. The number of nitrogens with two attached hydrogens (primary N) is 1. The van der Waals surface area contributed by atoms with Gasteiger partial charge in [0.05, 0.1) is 10.0 Å². The quantitative estimate of drug-likeness (QED) is 0.341. The zero-order valence-electron chi connectivity index (χ0n) is 7.01. The molecule has 13 heavy (non-hydrogen) atoms. The van der Waals surface area contributed by atoms with Gasteiger partial charge in [-0.2, -0.15) is 0 Å². The van der Waals surface area contributed by atoms with Crippen LogP contribution in [0.5, 0.6) is 0 Å². The summed E-state index contributed by atoms with van der Waals surface area (Å²) in [6.45, 7) is 0. The van der Waals surface area contributed by atoms with E-state index in [1.54, 1.807) is 18.2 Å². The van der Waals surface area contributed by atoms with Crippen molar-refractivity contribution in [3.63, 3.8) is 0 Å². The van der Waals surface area contributed by atoms with Gasteiger partial charge in [0, 0.05) is 7.05 Å². The predicted molar refractivity (Wildman–Crippen MR) is 53.9 cm³/mol. The van der Waals surface area contributed by atoms with Gasteiger partial charge in [0.2, 0.25) is 0 Å². The molecule has 1 aromatic rings. The molecule has 0 saturated carbocycles. The van der Waals surface area contributed by atoms with E-state index in [-0.39, 0.29) is 5.82 Å². The van der Waals surface area contributed by atoms with Crippen molar-refractivity contribution in [3.05, 3.63) is 34.1 Å². The third-order valence-corrected chi connectivity index (χ3v) is 2.18. The van der Waals surface area contributed by atoms with Crippen LogP contribution in [0.15, 0.2) is 27.7 Å². The maximum absolute atomic E-state index is 13.4. The van der Waals surface area contributed by atoms with Crippen LogP contribution < -0.4 is 11.3 Å². The number of benzene rings is 1. The summed E-state index contributed by atoms with van der Waals surface area (Å²) < 4.78 is 13.8. The van der Waals surface area contributed by atoms with Crippen LogP contribution in [0.3, 0.4) is 0 Å². The summed E-state index contributed by atoms with van der Waals surface area (Å²) in [7, 11) is 1.54. The SMILES string of the molecule is CN=C(NN)c1cccc(Br)c1F. The van der Waals surface area contributed by atoms with E-state index in [4.69, 9.17) is 5.84 Å². The minimum Gasteiger partial charge on any atom is -0.308 e. The molecule has 0 bridgehead atoms. The molecule has 0 heterocycles. The number of amidine groups is 1. The molecule has 1 rings (SSSR count). The van der Waals surface area contributed by atoms with Crippen LogP contribution in [-0.4, -0.2) is 12.9 Å². The number of aliphatic imine (C=N–C) groups is 1. The first-order valence-electron chi connectivity index (χ1n) is 3.58. The zero-order chi connectivity index (χ0) is 9.84. The van der Waals surface area contributed by atoms with Crippen LogP contribution in [0.2, 0.25) is 0 Å². The van der Waals surface area contributed by atoms with Gasteiger partial charge in [-0.1, -0.05) is 6.07 Å². The maximum Gasteiger partial charge on any atom is 0.148 e. The fraction of sp³-hybridized carbons (Fsp3) is 0.125. The first-order chi connectivity index (χ1) is 6.20. The topological polar surface area (TPSA) is 50.4 Å². The summed E-state index contributed by atoms with van der Waals surface area (Å²) in [4.78, 5) is 3.80. The first-order valence-corrected chi connectivity index (χ1v) is 4.37. The van der Waals surface area contributed by atoms with E-state index in [0.29, 0.717) is 15.9 Å². The molecule has 0 radical (unpaired) electrons. The van der Waals surface area contributed by atoms with Crippen molar-refractivity contribution >= 4 is 21.8 Å². The molecular formula is C8H9BrFN3. The number of hydrogen-bond acceptors (Lipinski definition) is 2. The molecule has 5 heteroatoms. The van der Waals surface area contributed by atoms with Gasteiger partial charge in [-0.3, -0.25) is 4.99 Å². The number of nitrogens with zero attached hydrogens (tertiary/aromatic N) is 1. The molecule has 0 fully saturated rings. The lowest BCUT2D eigenvalue weighted by Crippen LogP contribution is -2.31. The number of rotatable bonds is 1. The number of nitrogens with one attached hydrogen (secondary N) is 1. The summed E-state index contributed by atoms with van der Waals surface area (Å²) in [5, 5.41) is 0. The molecule has 1 aromatic carbocycles. The fourth-order valence-corrected chi connectivity index (χ4v) is 1.32. The summed E-state index contributed by atoms with van der Waals surface area (Å²) in [5.41, 5.74) is 2.67. The van der Waals surface area contributed by atoms with Gasteiger partial charge >= 0.3 is 0 Å². The molecule has 3 N–H and O–H groups in total. The molecular weight excluding hydrogens is 237 g/mol. The molecule has 0 aliphatic carbocycles. The molecule has 0 atom stereocenters. The van der Waals surface area contributed by atoms with E-state index >= 15 is 0 Å². The van der Waals surface area contributed by atoms with Crippen molar-refractivity contribution in [1.29, 1.82) is 0 Å². The Morgan fingerprint density at radius 2 is 2.31 bits per heavy atom. The lowest BCUT2D eigenvalue weighted by atomic mass is 10.2. The number of halogens is 2. The molecule has 0 aliphatic heterocycles. The first kappa shape index (κ1) is 10.1. The molecule has 0 aliphatic rings. The fourth-order valence-electron chi connectivity index (χ4n) is 0.949. The summed E-state index contributed by atoms with van der Waals surface area (Å²) in [6.07, 6.45) is 0. The minimum atomic E-state index is -0.374. The Morgan fingerprint density at radius 3 is 2.85 bits per heavy atom. The Labute approximate surface area is 83.9 Å². The van der Waals surface area contributed by atoms with Crippen molar-refractivity contribution < 1.29 is 4.39 Å². The number of hydrogen-bond donors (Lipinski definition) is 2. The minimum absolute atomic E-state index is 0.318. The van der Waals surface area contributed by atoms with E-state index in [9.17, 15) is 4.39 Å². The van der Waals surface area contributed by atoms with Gasteiger partial charge in [-0.05, 0) is 28.1 Å².